The van der Waals surface area contributed by atoms with Crippen LogP contribution in [0.25, 0.3) is 0 Å². The van der Waals surface area contributed by atoms with Crippen LogP contribution in [0.5, 0.6) is 0 Å². The van der Waals surface area contributed by atoms with Crippen molar-refractivity contribution in [2.75, 3.05) is 11.9 Å². The van der Waals surface area contributed by atoms with Gasteiger partial charge < -0.3 is 15.6 Å². The Balaban J connectivity index is 2.15. The molecule has 1 heterocycles. The van der Waals surface area contributed by atoms with Crippen molar-refractivity contribution in [1.29, 1.82) is 0 Å². The first kappa shape index (κ1) is 14.1. The summed E-state index contributed by atoms with van der Waals surface area (Å²) in [4.78, 5) is 19.7. The summed E-state index contributed by atoms with van der Waals surface area (Å²) >= 11 is 0. The highest BCUT2D eigenvalue weighted by Crippen LogP contribution is 2.17. The van der Waals surface area contributed by atoms with E-state index in [2.05, 4.69) is 20.6 Å². The van der Waals surface area contributed by atoms with E-state index in [9.17, 15) is 4.79 Å². The molecule has 106 valence electrons. The molecule has 1 atom stereocenters. The average molecular weight is 272 g/mol. The molecule has 1 aromatic heterocycles. The normalized spacial score (nSPS) is 11.9. The van der Waals surface area contributed by atoms with Crippen molar-refractivity contribution in [3.8, 4) is 0 Å². The summed E-state index contributed by atoms with van der Waals surface area (Å²) in [6, 6.07) is 7.41. The van der Waals surface area contributed by atoms with E-state index in [1.807, 2.05) is 38.1 Å². The van der Waals surface area contributed by atoms with Gasteiger partial charge in [0.1, 0.15) is 5.82 Å². The fourth-order valence-corrected chi connectivity index (χ4v) is 2.09. The van der Waals surface area contributed by atoms with Crippen LogP contribution in [-0.4, -0.2) is 22.4 Å². The SMILES string of the molecule is CCNc1ccccc1C(=O)NC(CC)c1ncc[nH]1. The Kier molecular flexibility index (Phi) is 4.76. The minimum atomic E-state index is -0.104. The number of benzene rings is 1. The van der Waals surface area contributed by atoms with E-state index in [0.717, 1.165) is 24.5 Å². The van der Waals surface area contributed by atoms with Gasteiger partial charge in [-0.3, -0.25) is 4.79 Å². The van der Waals surface area contributed by atoms with E-state index in [-0.39, 0.29) is 11.9 Å². The number of carbonyl (C=O) groups is 1. The molecule has 0 saturated heterocycles. The maximum Gasteiger partial charge on any atom is 0.253 e. The Morgan fingerprint density at radius 2 is 2.15 bits per heavy atom. The third-order valence-corrected chi connectivity index (χ3v) is 3.10. The van der Waals surface area contributed by atoms with Crippen LogP contribution in [0.1, 0.15) is 42.5 Å². The summed E-state index contributed by atoms with van der Waals surface area (Å²) in [5.74, 6) is 0.687. The number of amides is 1. The summed E-state index contributed by atoms with van der Waals surface area (Å²) in [6.45, 7) is 4.80. The first-order valence-corrected chi connectivity index (χ1v) is 6.89. The number of H-pyrrole nitrogens is 1. The van der Waals surface area contributed by atoms with Crippen LogP contribution in [0.2, 0.25) is 0 Å². The van der Waals surface area contributed by atoms with Crippen LogP contribution >= 0.6 is 0 Å². The topological polar surface area (TPSA) is 69.8 Å². The van der Waals surface area contributed by atoms with Gasteiger partial charge in [-0.05, 0) is 25.5 Å². The monoisotopic (exact) mass is 272 g/mol. The molecule has 0 saturated carbocycles. The van der Waals surface area contributed by atoms with Crippen molar-refractivity contribution in [2.45, 2.75) is 26.3 Å². The number of nitrogens with zero attached hydrogens (tertiary/aromatic N) is 1. The summed E-state index contributed by atoms with van der Waals surface area (Å²) in [5, 5.41) is 6.21. The third-order valence-electron chi connectivity index (χ3n) is 3.10. The molecule has 3 N–H and O–H groups in total. The molecule has 0 aliphatic carbocycles. The number of hydrogen-bond acceptors (Lipinski definition) is 3. The van der Waals surface area contributed by atoms with Gasteiger partial charge in [-0.2, -0.15) is 0 Å². The van der Waals surface area contributed by atoms with Crippen molar-refractivity contribution in [2.24, 2.45) is 0 Å². The number of imidazole rings is 1. The smallest absolute Gasteiger partial charge is 0.253 e. The molecule has 0 aliphatic heterocycles. The number of rotatable bonds is 6. The average Bonchev–Trinajstić information content (AvgIpc) is 2.99. The lowest BCUT2D eigenvalue weighted by Gasteiger charge is -2.16. The first-order valence-electron chi connectivity index (χ1n) is 6.89. The second-order valence-corrected chi connectivity index (χ2v) is 4.48. The van der Waals surface area contributed by atoms with Gasteiger partial charge in [-0.1, -0.05) is 19.1 Å². The third kappa shape index (κ3) is 3.17. The van der Waals surface area contributed by atoms with Crippen LogP contribution in [0.4, 0.5) is 5.69 Å². The van der Waals surface area contributed by atoms with Gasteiger partial charge in [-0.15, -0.1) is 0 Å². The molecule has 0 spiro atoms. The fourth-order valence-electron chi connectivity index (χ4n) is 2.09. The second-order valence-electron chi connectivity index (χ2n) is 4.48. The van der Waals surface area contributed by atoms with Crippen LogP contribution in [-0.2, 0) is 0 Å². The molecule has 0 fully saturated rings. The zero-order valence-electron chi connectivity index (χ0n) is 11.8. The lowest BCUT2D eigenvalue weighted by atomic mass is 10.1. The van der Waals surface area contributed by atoms with Crippen molar-refractivity contribution in [3.05, 3.63) is 48.0 Å². The standard InChI is InChI=1S/C15H20N4O/c1-3-12(14-17-9-10-18-14)19-15(20)11-7-5-6-8-13(11)16-4-2/h5-10,12,16H,3-4H2,1-2H3,(H,17,18)(H,19,20). The van der Waals surface area contributed by atoms with Gasteiger partial charge in [0.15, 0.2) is 0 Å². The molecule has 0 bridgehead atoms. The highest BCUT2D eigenvalue weighted by molar-refractivity contribution is 5.99. The van der Waals surface area contributed by atoms with E-state index in [1.54, 1.807) is 12.4 Å². The van der Waals surface area contributed by atoms with E-state index in [0.29, 0.717) is 5.56 Å². The predicted molar refractivity (Wildman–Crippen MR) is 79.7 cm³/mol. The molecular weight excluding hydrogens is 252 g/mol. The molecule has 1 aromatic carbocycles. The highest BCUT2D eigenvalue weighted by Gasteiger charge is 2.17. The Morgan fingerprint density at radius 1 is 1.35 bits per heavy atom. The maximum absolute atomic E-state index is 12.4. The lowest BCUT2D eigenvalue weighted by Crippen LogP contribution is -2.29. The number of aromatic nitrogens is 2. The summed E-state index contributed by atoms with van der Waals surface area (Å²) in [7, 11) is 0. The number of para-hydroxylation sites is 1. The van der Waals surface area contributed by atoms with Gasteiger partial charge in [-0.25, -0.2) is 4.98 Å². The van der Waals surface area contributed by atoms with Crippen molar-refractivity contribution in [1.82, 2.24) is 15.3 Å². The summed E-state index contributed by atoms with van der Waals surface area (Å²) < 4.78 is 0. The largest absolute Gasteiger partial charge is 0.385 e. The van der Waals surface area contributed by atoms with E-state index in [4.69, 9.17) is 0 Å². The quantitative estimate of drug-likeness (QED) is 0.757. The van der Waals surface area contributed by atoms with E-state index in [1.165, 1.54) is 0 Å². The molecule has 2 aromatic rings. The number of nitrogens with one attached hydrogen (secondary N) is 3. The van der Waals surface area contributed by atoms with E-state index < -0.39 is 0 Å². The lowest BCUT2D eigenvalue weighted by molar-refractivity contribution is 0.0934. The Bertz CT molecular complexity index is 551. The number of carbonyl (C=O) groups excluding carboxylic acids is 1. The van der Waals surface area contributed by atoms with Crippen LogP contribution in [0, 0.1) is 0 Å². The molecule has 1 amide bonds. The van der Waals surface area contributed by atoms with Gasteiger partial charge in [0, 0.05) is 24.6 Å². The Hall–Kier alpha value is -2.30. The van der Waals surface area contributed by atoms with Gasteiger partial charge in [0.05, 0.1) is 11.6 Å². The fraction of sp³-hybridized carbons (Fsp3) is 0.333. The molecule has 5 heteroatoms. The molecular formula is C15H20N4O. The zero-order valence-corrected chi connectivity index (χ0v) is 11.8. The number of hydrogen-bond donors (Lipinski definition) is 3. The molecule has 0 aliphatic rings. The maximum atomic E-state index is 12.4. The first-order chi connectivity index (χ1) is 9.76. The van der Waals surface area contributed by atoms with Crippen LogP contribution in [0.3, 0.4) is 0 Å². The van der Waals surface area contributed by atoms with Crippen molar-refractivity contribution in [3.63, 3.8) is 0 Å². The molecule has 5 nitrogen and oxygen atoms in total. The van der Waals surface area contributed by atoms with Gasteiger partial charge >= 0.3 is 0 Å². The predicted octanol–water partition coefficient (Wildman–Crippen LogP) is 2.72. The van der Waals surface area contributed by atoms with Crippen molar-refractivity contribution < 1.29 is 4.79 Å². The minimum absolute atomic E-state index is 0.0928. The van der Waals surface area contributed by atoms with Gasteiger partial charge in [0.2, 0.25) is 0 Å². The second kappa shape index (κ2) is 6.75. The zero-order chi connectivity index (χ0) is 14.4. The van der Waals surface area contributed by atoms with E-state index >= 15 is 0 Å². The summed E-state index contributed by atoms with van der Waals surface area (Å²) in [5.41, 5.74) is 1.50. The van der Waals surface area contributed by atoms with Crippen LogP contribution < -0.4 is 10.6 Å². The Labute approximate surface area is 118 Å². The molecule has 1 unspecified atom stereocenters. The molecule has 2 rings (SSSR count). The molecule has 20 heavy (non-hydrogen) atoms. The highest BCUT2D eigenvalue weighted by atomic mass is 16.1. The summed E-state index contributed by atoms with van der Waals surface area (Å²) in [6.07, 6.45) is 4.23. The van der Waals surface area contributed by atoms with Crippen LogP contribution in [0.15, 0.2) is 36.7 Å². The van der Waals surface area contributed by atoms with Gasteiger partial charge in [0.25, 0.3) is 5.91 Å². The molecule has 0 radical (unpaired) electrons. The number of anilines is 1. The van der Waals surface area contributed by atoms with Crippen molar-refractivity contribution >= 4 is 11.6 Å². The Morgan fingerprint density at radius 3 is 2.80 bits per heavy atom. The minimum Gasteiger partial charge on any atom is -0.385 e. The number of aromatic amines is 1.